The Bertz CT molecular complexity index is 602. The molecule has 100 valence electrons. The van der Waals surface area contributed by atoms with Crippen molar-refractivity contribution in [1.82, 2.24) is 0 Å². The minimum absolute atomic E-state index is 0.0386. The average molecular weight is 258 g/mol. The maximum atomic E-state index is 11.5. The molecule has 0 unspecified atom stereocenters. The normalized spacial score (nSPS) is 10.5. The number of rotatable bonds is 5. The number of fused-ring (bicyclic) bond motifs is 1. The highest BCUT2D eigenvalue weighted by molar-refractivity contribution is 6.01. The van der Waals surface area contributed by atoms with Gasteiger partial charge >= 0.3 is 0 Å². The van der Waals surface area contributed by atoms with Gasteiger partial charge in [-0.15, -0.1) is 0 Å². The lowest BCUT2D eigenvalue weighted by atomic mass is 10.0. The van der Waals surface area contributed by atoms with Crippen LogP contribution < -0.4 is 9.47 Å². The van der Waals surface area contributed by atoms with Gasteiger partial charge in [-0.2, -0.15) is 0 Å². The molecule has 0 N–H and O–H groups in total. The van der Waals surface area contributed by atoms with Gasteiger partial charge < -0.3 is 9.47 Å². The molecule has 0 radical (unpaired) electrons. The highest BCUT2D eigenvalue weighted by Crippen LogP contribution is 2.31. The van der Waals surface area contributed by atoms with Gasteiger partial charge in [0, 0.05) is 10.9 Å². The second kappa shape index (κ2) is 5.74. The number of ketones is 1. The first-order valence-corrected chi connectivity index (χ1v) is 6.50. The second-order valence-electron chi connectivity index (χ2n) is 4.28. The quantitative estimate of drug-likeness (QED) is 0.764. The van der Waals surface area contributed by atoms with Gasteiger partial charge in [0.1, 0.15) is 11.5 Å². The molecule has 0 saturated carbocycles. The molecule has 0 saturated heterocycles. The zero-order valence-corrected chi connectivity index (χ0v) is 11.5. The zero-order chi connectivity index (χ0) is 13.8. The fourth-order valence-electron chi connectivity index (χ4n) is 2.04. The van der Waals surface area contributed by atoms with Crippen molar-refractivity contribution in [2.45, 2.75) is 20.8 Å². The lowest BCUT2D eigenvalue weighted by molar-refractivity contribution is 0.101. The Morgan fingerprint density at radius 1 is 1.05 bits per heavy atom. The Labute approximate surface area is 113 Å². The number of ether oxygens (including phenoxy) is 2. The Morgan fingerprint density at radius 2 is 1.79 bits per heavy atom. The summed E-state index contributed by atoms with van der Waals surface area (Å²) < 4.78 is 11.1. The largest absolute Gasteiger partial charge is 0.494 e. The monoisotopic (exact) mass is 258 g/mol. The predicted octanol–water partition coefficient (Wildman–Crippen LogP) is 3.84. The van der Waals surface area contributed by atoms with Gasteiger partial charge in [-0.25, -0.2) is 0 Å². The van der Waals surface area contributed by atoms with Crippen molar-refractivity contribution >= 4 is 16.6 Å². The standard InChI is InChI=1S/C16H18O3/c1-4-18-14-7-6-12-8-13(11(3)17)9-16(19-5-2)15(12)10-14/h6-10H,4-5H2,1-3H3. The Balaban J connectivity index is 2.61. The van der Waals surface area contributed by atoms with Crippen molar-refractivity contribution in [3.8, 4) is 11.5 Å². The molecule has 3 nitrogen and oxygen atoms in total. The Hall–Kier alpha value is -2.03. The summed E-state index contributed by atoms with van der Waals surface area (Å²) in [5.74, 6) is 1.58. The van der Waals surface area contributed by atoms with E-state index >= 15 is 0 Å². The highest BCUT2D eigenvalue weighted by atomic mass is 16.5. The van der Waals surface area contributed by atoms with E-state index in [9.17, 15) is 4.79 Å². The van der Waals surface area contributed by atoms with Crippen LogP contribution in [0.4, 0.5) is 0 Å². The van der Waals surface area contributed by atoms with Crippen LogP contribution in [0.2, 0.25) is 0 Å². The lowest BCUT2D eigenvalue weighted by Crippen LogP contribution is -1.98. The predicted molar refractivity (Wildman–Crippen MR) is 76.3 cm³/mol. The molecule has 0 heterocycles. The van der Waals surface area contributed by atoms with Crippen molar-refractivity contribution in [2.75, 3.05) is 13.2 Å². The molecule has 0 aliphatic carbocycles. The fourth-order valence-corrected chi connectivity index (χ4v) is 2.04. The van der Waals surface area contributed by atoms with E-state index in [4.69, 9.17) is 9.47 Å². The van der Waals surface area contributed by atoms with Crippen molar-refractivity contribution in [3.63, 3.8) is 0 Å². The van der Waals surface area contributed by atoms with Gasteiger partial charge in [-0.05, 0) is 50.4 Å². The van der Waals surface area contributed by atoms with E-state index < -0.39 is 0 Å². The Kier molecular flexibility index (Phi) is 4.05. The topological polar surface area (TPSA) is 35.5 Å². The molecule has 2 rings (SSSR count). The van der Waals surface area contributed by atoms with E-state index in [-0.39, 0.29) is 5.78 Å². The van der Waals surface area contributed by atoms with Crippen LogP contribution in [0.5, 0.6) is 11.5 Å². The van der Waals surface area contributed by atoms with Gasteiger partial charge in [-0.3, -0.25) is 4.79 Å². The molecule has 3 heteroatoms. The highest BCUT2D eigenvalue weighted by Gasteiger charge is 2.09. The number of Topliss-reactive ketones (excluding diaryl/α,β-unsaturated/α-hetero) is 1. The third kappa shape index (κ3) is 2.87. The second-order valence-corrected chi connectivity index (χ2v) is 4.28. The molecular formula is C16H18O3. The molecule has 2 aromatic rings. The molecule has 0 spiro atoms. The third-order valence-corrected chi connectivity index (χ3v) is 2.91. The van der Waals surface area contributed by atoms with Gasteiger partial charge in [-0.1, -0.05) is 6.07 Å². The summed E-state index contributed by atoms with van der Waals surface area (Å²) in [5.41, 5.74) is 0.667. The van der Waals surface area contributed by atoms with Crippen molar-refractivity contribution in [3.05, 3.63) is 35.9 Å². The number of hydrogen-bond donors (Lipinski definition) is 0. The summed E-state index contributed by atoms with van der Waals surface area (Å²) in [7, 11) is 0. The van der Waals surface area contributed by atoms with Crippen LogP contribution in [0.1, 0.15) is 31.1 Å². The van der Waals surface area contributed by atoms with Crippen molar-refractivity contribution < 1.29 is 14.3 Å². The van der Waals surface area contributed by atoms with Crippen LogP contribution in [-0.4, -0.2) is 19.0 Å². The van der Waals surface area contributed by atoms with E-state index in [2.05, 4.69) is 0 Å². The zero-order valence-electron chi connectivity index (χ0n) is 11.5. The minimum Gasteiger partial charge on any atom is -0.494 e. The maximum Gasteiger partial charge on any atom is 0.159 e. The summed E-state index contributed by atoms with van der Waals surface area (Å²) in [5, 5.41) is 1.96. The Morgan fingerprint density at radius 3 is 2.42 bits per heavy atom. The van der Waals surface area contributed by atoms with Crippen LogP contribution in [0.15, 0.2) is 30.3 Å². The lowest BCUT2D eigenvalue weighted by Gasteiger charge is -2.11. The van der Waals surface area contributed by atoms with Gasteiger partial charge in [0.15, 0.2) is 5.78 Å². The first-order chi connectivity index (χ1) is 9.15. The van der Waals surface area contributed by atoms with E-state index in [1.165, 1.54) is 0 Å². The number of benzene rings is 2. The molecule has 0 atom stereocenters. The van der Waals surface area contributed by atoms with E-state index in [0.29, 0.717) is 18.8 Å². The first-order valence-electron chi connectivity index (χ1n) is 6.50. The molecule has 0 amide bonds. The van der Waals surface area contributed by atoms with E-state index in [1.54, 1.807) is 13.0 Å². The molecule has 0 aromatic heterocycles. The number of carbonyl (C=O) groups excluding carboxylic acids is 1. The minimum atomic E-state index is 0.0386. The fraction of sp³-hybridized carbons (Fsp3) is 0.312. The van der Waals surface area contributed by atoms with Crippen molar-refractivity contribution in [2.24, 2.45) is 0 Å². The molecule has 2 aromatic carbocycles. The number of hydrogen-bond acceptors (Lipinski definition) is 3. The summed E-state index contributed by atoms with van der Waals surface area (Å²) in [6, 6.07) is 9.49. The average Bonchev–Trinajstić information content (AvgIpc) is 2.39. The van der Waals surface area contributed by atoms with Crippen LogP contribution in [0.3, 0.4) is 0 Å². The SMILES string of the molecule is CCOc1ccc2cc(C(C)=O)cc(OCC)c2c1. The van der Waals surface area contributed by atoms with E-state index in [1.807, 2.05) is 38.1 Å². The molecule has 19 heavy (non-hydrogen) atoms. The molecule has 0 aliphatic heterocycles. The molecule has 0 aliphatic rings. The van der Waals surface area contributed by atoms with Crippen LogP contribution in [0, 0.1) is 0 Å². The third-order valence-electron chi connectivity index (χ3n) is 2.91. The van der Waals surface area contributed by atoms with Crippen LogP contribution >= 0.6 is 0 Å². The summed E-state index contributed by atoms with van der Waals surface area (Å²) in [6.45, 7) is 6.63. The summed E-state index contributed by atoms with van der Waals surface area (Å²) >= 11 is 0. The van der Waals surface area contributed by atoms with Crippen LogP contribution in [0.25, 0.3) is 10.8 Å². The number of carbonyl (C=O) groups is 1. The van der Waals surface area contributed by atoms with E-state index in [0.717, 1.165) is 22.3 Å². The summed E-state index contributed by atoms with van der Waals surface area (Å²) in [4.78, 5) is 11.5. The molecular weight excluding hydrogens is 240 g/mol. The first kappa shape index (κ1) is 13.4. The maximum absolute atomic E-state index is 11.5. The van der Waals surface area contributed by atoms with Gasteiger partial charge in [0.25, 0.3) is 0 Å². The van der Waals surface area contributed by atoms with Crippen molar-refractivity contribution in [1.29, 1.82) is 0 Å². The summed E-state index contributed by atoms with van der Waals surface area (Å²) in [6.07, 6.45) is 0. The smallest absolute Gasteiger partial charge is 0.159 e. The molecule has 0 fully saturated rings. The van der Waals surface area contributed by atoms with Crippen LogP contribution in [-0.2, 0) is 0 Å². The van der Waals surface area contributed by atoms with Gasteiger partial charge in [0.05, 0.1) is 13.2 Å². The van der Waals surface area contributed by atoms with Gasteiger partial charge in [0.2, 0.25) is 0 Å². The molecule has 0 bridgehead atoms.